The van der Waals surface area contributed by atoms with Gasteiger partial charge >= 0.3 is 0 Å². The van der Waals surface area contributed by atoms with Crippen molar-refractivity contribution in [2.24, 2.45) is 0 Å². The average molecular weight is 232 g/mol. The van der Waals surface area contributed by atoms with Crippen molar-refractivity contribution >= 4 is 21.8 Å². The molecular formula is C7H10BrN3O. The minimum Gasteiger partial charge on any atom is -0.350 e. The highest BCUT2D eigenvalue weighted by Crippen LogP contribution is 1.95. The third kappa shape index (κ3) is 2.65. The average Bonchev–Trinajstić information content (AvgIpc) is 2.51. The van der Waals surface area contributed by atoms with Crippen molar-refractivity contribution < 1.29 is 4.79 Å². The molecular weight excluding hydrogens is 222 g/mol. The van der Waals surface area contributed by atoms with E-state index in [1.807, 2.05) is 6.92 Å². The van der Waals surface area contributed by atoms with Gasteiger partial charge in [0.15, 0.2) is 0 Å². The number of nitrogens with one attached hydrogen (secondary N) is 2. The van der Waals surface area contributed by atoms with Gasteiger partial charge in [-0.15, -0.1) is 0 Å². The molecule has 1 aromatic heterocycles. The van der Waals surface area contributed by atoms with E-state index >= 15 is 0 Å². The largest absolute Gasteiger partial charge is 0.350 e. The molecule has 1 aromatic rings. The zero-order valence-electron chi connectivity index (χ0n) is 6.67. The summed E-state index contributed by atoms with van der Waals surface area (Å²) in [5.74, 6) is -0.126. The van der Waals surface area contributed by atoms with E-state index in [-0.39, 0.29) is 10.7 Å². The molecule has 0 spiro atoms. The van der Waals surface area contributed by atoms with Crippen molar-refractivity contribution in [1.82, 2.24) is 15.5 Å². The number of carbonyl (C=O) groups excluding carboxylic acids is 1. The maximum absolute atomic E-state index is 11.2. The number of aromatic amines is 1. The van der Waals surface area contributed by atoms with Gasteiger partial charge in [0.25, 0.3) is 5.91 Å². The number of H-pyrrole nitrogens is 1. The molecule has 1 atom stereocenters. The van der Waals surface area contributed by atoms with Gasteiger partial charge in [0.05, 0.1) is 0 Å². The first-order chi connectivity index (χ1) is 5.70. The predicted octanol–water partition coefficient (Wildman–Crippen LogP) is 0.923. The van der Waals surface area contributed by atoms with Crippen LogP contribution < -0.4 is 5.32 Å². The third-order valence-corrected chi connectivity index (χ3v) is 1.61. The molecule has 2 N–H and O–H groups in total. The van der Waals surface area contributed by atoms with E-state index in [2.05, 4.69) is 31.4 Å². The Morgan fingerprint density at radius 2 is 2.67 bits per heavy atom. The Morgan fingerprint density at radius 1 is 1.92 bits per heavy atom. The molecule has 1 unspecified atom stereocenters. The van der Waals surface area contributed by atoms with Gasteiger partial charge < -0.3 is 5.32 Å². The standard InChI is InChI=1S/C7H10BrN3O/c1-5(8)4-9-7(12)6-2-3-10-11-6/h2-3,5H,4H2,1H3,(H,9,12)(H,10,11). The number of alkyl halides is 1. The zero-order valence-corrected chi connectivity index (χ0v) is 8.26. The van der Waals surface area contributed by atoms with Crippen LogP contribution in [0.25, 0.3) is 0 Å². The van der Waals surface area contributed by atoms with E-state index in [1.165, 1.54) is 0 Å². The smallest absolute Gasteiger partial charge is 0.269 e. The van der Waals surface area contributed by atoms with Crippen LogP contribution in [-0.4, -0.2) is 27.5 Å². The number of rotatable bonds is 3. The molecule has 0 aliphatic heterocycles. The minimum atomic E-state index is -0.126. The molecule has 1 heterocycles. The second-order valence-electron chi connectivity index (χ2n) is 2.46. The molecule has 0 aliphatic rings. The van der Waals surface area contributed by atoms with E-state index < -0.39 is 0 Å². The summed E-state index contributed by atoms with van der Waals surface area (Å²) >= 11 is 3.33. The van der Waals surface area contributed by atoms with E-state index in [4.69, 9.17) is 0 Å². The van der Waals surface area contributed by atoms with Gasteiger partial charge in [-0.2, -0.15) is 5.10 Å². The lowest BCUT2D eigenvalue weighted by Crippen LogP contribution is -2.28. The molecule has 0 radical (unpaired) electrons. The molecule has 12 heavy (non-hydrogen) atoms. The van der Waals surface area contributed by atoms with E-state index in [0.29, 0.717) is 12.2 Å². The first kappa shape index (κ1) is 9.25. The van der Waals surface area contributed by atoms with Crippen LogP contribution in [0.2, 0.25) is 0 Å². The highest BCUT2D eigenvalue weighted by molar-refractivity contribution is 9.09. The molecule has 1 rings (SSSR count). The summed E-state index contributed by atoms with van der Waals surface area (Å²) in [6.45, 7) is 2.57. The van der Waals surface area contributed by atoms with Crippen molar-refractivity contribution in [2.45, 2.75) is 11.8 Å². The Hall–Kier alpha value is -0.840. The molecule has 0 aliphatic carbocycles. The van der Waals surface area contributed by atoms with Crippen LogP contribution in [0.15, 0.2) is 12.3 Å². The summed E-state index contributed by atoms with van der Waals surface area (Å²) in [6.07, 6.45) is 1.55. The molecule has 0 bridgehead atoms. The third-order valence-electron chi connectivity index (χ3n) is 1.29. The molecule has 0 aromatic carbocycles. The van der Waals surface area contributed by atoms with Crippen molar-refractivity contribution in [3.63, 3.8) is 0 Å². The maximum atomic E-state index is 11.2. The van der Waals surface area contributed by atoms with Crippen molar-refractivity contribution in [3.8, 4) is 0 Å². The summed E-state index contributed by atoms with van der Waals surface area (Å²) < 4.78 is 0. The second-order valence-corrected chi connectivity index (χ2v) is 4.02. The van der Waals surface area contributed by atoms with Crippen LogP contribution in [0, 0.1) is 0 Å². The Bertz CT molecular complexity index is 245. The van der Waals surface area contributed by atoms with Crippen LogP contribution >= 0.6 is 15.9 Å². The van der Waals surface area contributed by atoms with Gasteiger partial charge in [0.1, 0.15) is 5.69 Å². The highest BCUT2D eigenvalue weighted by atomic mass is 79.9. The number of hydrogen-bond acceptors (Lipinski definition) is 2. The number of hydrogen-bond donors (Lipinski definition) is 2. The molecule has 1 amide bonds. The zero-order chi connectivity index (χ0) is 8.97. The number of aromatic nitrogens is 2. The number of amides is 1. The van der Waals surface area contributed by atoms with Gasteiger partial charge in [0, 0.05) is 17.6 Å². The van der Waals surface area contributed by atoms with E-state index in [1.54, 1.807) is 12.3 Å². The maximum Gasteiger partial charge on any atom is 0.269 e. The highest BCUT2D eigenvalue weighted by Gasteiger charge is 2.06. The first-order valence-electron chi connectivity index (χ1n) is 3.62. The normalized spacial score (nSPS) is 12.5. The lowest BCUT2D eigenvalue weighted by molar-refractivity contribution is 0.0949. The lowest BCUT2D eigenvalue weighted by atomic mass is 10.4. The summed E-state index contributed by atoms with van der Waals surface area (Å²) in [4.78, 5) is 11.5. The quantitative estimate of drug-likeness (QED) is 0.761. The van der Waals surface area contributed by atoms with Crippen molar-refractivity contribution in [2.75, 3.05) is 6.54 Å². The fraction of sp³-hybridized carbons (Fsp3) is 0.429. The molecule has 5 heteroatoms. The van der Waals surface area contributed by atoms with Crippen LogP contribution in [0.5, 0.6) is 0 Å². The van der Waals surface area contributed by atoms with Gasteiger partial charge in [-0.25, -0.2) is 0 Å². The number of halogens is 1. The summed E-state index contributed by atoms with van der Waals surface area (Å²) in [5.41, 5.74) is 0.489. The van der Waals surface area contributed by atoms with Crippen LogP contribution in [-0.2, 0) is 0 Å². The van der Waals surface area contributed by atoms with Crippen LogP contribution in [0.3, 0.4) is 0 Å². The van der Waals surface area contributed by atoms with Crippen LogP contribution in [0.4, 0.5) is 0 Å². The Labute approximate surface area is 78.9 Å². The molecule has 66 valence electrons. The number of nitrogens with zero attached hydrogens (tertiary/aromatic N) is 1. The molecule has 0 saturated heterocycles. The minimum absolute atomic E-state index is 0.126. The Balaban J connectivity index is 2.40. The fourth-order valence-corrected chi connectivity index (χ4v) is 0.873. The second kappa shape index (κ2) is 4.25. The Morgan fingerprint density at radius 3 is 3.17 bits per heavy atom. The molecule has 0 saturated carbocycles. The predicted molar refractivity (Wildman–Crippen MR) is 49.3 cm³/mol. The molecule has 0 fully saturated rings. The molecule has 4 nitrogen and oxygen atoms in total. The van der Waals surface area contributed by atoms with Gasteiger partial charge in [-0.1, -0.05) is 22.9 Å². The summed E-state index contributed by atoms with van der Waals surface area (Å²) in [5, 5.41) is 8.98. The lowest BCUT2D eigenvalue weighted by Gasteiger charge is -2.03. The summed E-state index contributed by atoms with van der Waals surface area (Å²) in [6, 6.07) is 1.63. The van der Waals surface area contributed by atoms with E-state index in [9.17, 15) is 4.79 Å². The summed E-state index contributed by atoms with van der Waals surface area (Å²) in [7, 11) is 0. The van der Waals surface area contributed by atoms with Crippen molar-refractivity contribution in [1.29, 1.82) is 0 Å². The van der Waals surface area contributed by atoms with Crippen molar-refractivity contribution in [3.05, 3.63) is 18.0 Å². The monoisotopic (exact) mass is 231 g/mol. The van der Waals surface area contributed by atoms with E-state index in [0.717, 1.165) is 0 Å². The SMILES string of the molecule is CC(Br)CNC(=O)c1ccn[nH]1. The fourth-order valence-electron chi connectivity index (χ4n) is 0.711. The topological polar surface area (TPSA) is 57.8 Å². The first-order valence-corrected chi connectivity index (χ1v) is 4.53. The van der Waals surface area contributed by atoms with Gasteiger partial charge in [0.2, 0.25) is 0 Å². The van der Waals surface area contributed by atoms with Gasteiger partial charge in [-0.05, 0) is 6.07 Å². The number of carbonyl (C=O) groups is 1. The Kier molecular flexibility index (Phi) is 3.28. The van der Waals surface area contributed by atoms with Gasteiger partial charge in [-0.3, -0.25) is 9.89 Å². The van der Waals surface area contributed by atoms with Crippen LogP contribution in [0.1, 0.15) is 17.4 Å².